The molecule has 0 fully saturated rings. The van der Waals surface area contributed by atoms with Gasteiger partial charge < -0.3 is 19.5 Å². The van der Waals surface area contributed by atoms with Crippen molar-refractivity contribution >= 4 is 34.0 Å². The van der Waals surface area contributed by atoms with Gasteiger partial charge in [0.15, 0.2) is 22.4 Å². The van der Waals surface area contributed by atoms with E-state index in [0.29, 0.717) is 33.8 Å². The standard InChI is InChI=1S/C28H27N3O5S/c1-34-24-13-12-20(18-25(24)35-2)19-31(28-29-16-17-37-28)27(33)15-14-26(32)30-22-10-6-7-11-23(22)36-21-8-4-3-5-9-21/h3-13,16-18H,14-15,19H2,1-2H3,(H,30,32). The molecule has 1 N–H and O–H groups in total. The van der Waals surface area contributed by atoms with E-state index in [1.54, 1.807) is 48.9 Å². The van der Waals surface area contributed by atoms with Crippen molar-refractivity contribution in [1.29, 1.82) is 0 Å². The number of benzene rings is 3. The van der Waals surface area contributed by atoms with Crippen LogP contribution in [-0.4, -0.2) is 31.0 Å². The first kappa shape index (κ1) is 25.7. The summed E-state index contributed by atoms with van der Waals surface area (Å²) < 4.78 is 16.6. The molecule has 0 aliphatic heterocycles. The minimum atomic E-state index is -0.289. The highest BCUT2D eigenvalue weighted by Gasteiger charge is 2.21. The SMILES string of the molecule is COc1ccc(CN(C(=O)CCC(=O)Nc2ccccc2Oc2ccccc2)c2nccs2)cc1OC. The van der Waals surface area contributed by atoms with Crippen LogP contribution in [0.3, 0.4) is 0 Å². The van der Waals surface area contributed by atoms with Gasteiger partial charge in [0.2, 0.25) is 11.8 Å². The maximum atomic E-state index is 13.2. The van der Waals surface area contributed by atoms with Crippen LogP contribution >= 0.6 is 11.3 Å². The summed E-state index contributed by atoms with van der Waals surface area (Å²) in [6.45, 7) is 0.280. The number of carbonyl (C=O) groups excluding carboxylic acids is 2. The van der Waals surface area contributed by atoms with Crippen LogP contribution in [0.1, 0.15) is 18.4 Å². The van der Waals surface area contributed by atoms with E-state index in [9.17, 15) is 9.59 Å². The van der Waals surface area contributed by atoms with Gasteiger partial charge in [-0.1, -0.05) is 36.4 Å². The lowest BCUT2D eigenvalue weighted by atomic mass is 10.1. The summed E-state index contributed by atoms with van der Waals surface area (Å²) in [6.07, 6.45) is 1.66. The Balaban J connectivity index is 1.41. The minimum absolute atomic E-state index is 0.00626. The maximum Gasteiger partial charge on any atom is 0.229 e. The van der Waals surface area contributed by atoms with Gasteiger partial charge in [-0.2, -0.15) is 0 Å². The molecule has 0 spiro atoms. The van der Waals surface area contributed by atoms with E-state index in [2.05, 4.69) is 10.3 Å². The summed E-state index contributed by atoms with van der Waals surface area (Å²) in [5.41, 5.74) is 1.38. The Bertz CT molecular complexity index is 1330. The fourth-order valence-electron chi connectivity index (χ4n) is 3.62. The van der Waals surface area contributed by atoms with Gasteiger partial charge in [-0.05, 0) is 42.0 Å². The first-order valence-electron chi connectivity index (χ1n) is 11.6. The lowest BCUT2D eigenvalue weighted by molar-refractivity contribution is -0.122. The van der Waals surface area contributed by atoms with Gasteiger partial charge in [-0.15, -0.1) is 11.3 Å². The molecule has 0 bridgehead atoms. The molecule has 0 atom stereocenters. The second kappa shape index (κ2) is 12.5. The monoisotopic (exact) mass is 517 g/mol. The van der Waals surface area contributed by atoms with E-state index in [0.717, 1.165) is 5.56 Å². The number of amides is 2. The highest BCUT2D eigenvalue weighted by atomic mass is 32.1. The van der Waals surface area contributed by atoms with Gasteiger partial charge in [-0.25, -0.2) is 4.98 Å². The summed E-state index contributed by atoms with van der Waals surface area (Å²) >= 11 is 1.36. The zero-order valence-electron chi connectivity index (χ0n) is 20.5. The number of aromatic nitrogens is 1. The minimum Gasteiger partial charge on any atom is -0.493 e. The van der Waals surface area contributed by atoms with E-state index < -0.39 is 0 Å². The Hall–Kier alpha value is -4.37. The van der Waals surface area contributed by atoms with Crippen molar-refractivity contribution < 1.29 is 23.8 Å². The number of nitrogens with zero attached hydrogens (tertiary/aromatic N) is 2. The highest BCUT2D eigenvalue weighted by molar-refractivity contribution is 7.13. The molecule has 8 nitrogen and oxygen atoms in total. The summed E-state index contributed by atoms with van der Waals surface area (Å²) in [5, 5.41) is 5.22. The molecule has 0 unspecified atom stereocenters. The molecule has 0 radical (unpaired) electrons. The average Bonchev–Trinajstić information content (AvgIpc) is 3.46. The van der Waals surface area contributed by atoms with Gasteiger partial charge in [0.1, 0.15) is 5.75 Å². The predicted molar refractivity (Wildman–Crippen MR) is 144 cm³/mol. The van der Waals surface area contributed by atoms with Crippen LogP contribution in [0.4, 0.5) is 10.8 Å². The molecule has 4 aromatic rings. The third-order valence-corrected chi connectivity index (χ3v) is 6.23. The van der Waals surface area contributed by atoms with Crippen LogP contribution in [0.2, 0.25) is 0 Å². The quantitative estimate of drug-likeness (QED) is 0.266. The zero-order chi connectivity index (χ0) is 26.0. The number of ether oxygens (including phenoxy) is 3. The molecule has 37 heavy (non-hydrogen) atoms. The maximum absolute atomic E-state index is 13.2. The summed E-state index contributed by atoms with van der Waals surface area (Å²) in [5.74, 6) is 1.85. The molecular weight excluding hydrogens is 490 g/mol. The Morgan fingerprint density at radius 3 is 2.38 bits per heavy atom. The van der Waals surface area contributed by atoms with E-state index in [-0.39, 0.29) is 31.2 Å². The number of thiazole rings is 1. The van der Waals surface area contributed by atoms with Crippen molar-refractivity contribution in [3.63, 3.8) is 0 Å². The first-order valence-corrected chi connectivity index (χ1v) is 12.5. The molecule has 190 valence electrons. The molecule has 1 aromatic heterocycles. The van der Waals surface area contributed by atoms with Crippen molar-refractivity contribution in [2.24, 2.45) is 0 Å². The summed E-state index contributed by atoms with van der Waals surface area (Å²) in [4.78, 5) is 31.9. The second-order valence-electron chi connectivity index (χ2n) is 7.94. The number of hydrogen-bond donors (Lipinski definition) is 1. The molecule has 9 heteroatoms. The Labute approximate surface area is 219 Å². The number of para-hydroxylation sites is 3. The third-order valence-electron chi connectivity index (χ3n) is 5.44. The Kier molecular flexibility index (Phi) is 8.72. The molecule has 0 aliphatic carbocycles. The van der Waals surface area contributed by atoms with Crippen molar-refractivity contribution in [3.8, 4) is 23.0 Å². The normalized spacial score (nSPS) is 10.4. The van der Waals surface area contributed by atoms with Gasteiger partial charge >= 0.3 is 0 Å². The van der Waals surface area contributed by atoms with Crippen LogP contribution in [0.15, 0.2) is 84.4 Å². The number of methoxy groups -OCH3 is 2. The predicted octanol–water partition coefficient (Wildman–Crippen LogP) is 5.90. The average molecular weight is 518 g/mol. The zero-order valence-corrected chi connectivity index (χ0v) is 21.4. The van der Waals surface area contributed by atoms with E-state index in [1.807, 2.05) is 54.6 Å². The first-order chi connectivity index (χ1) is 18.1. The van der Waals surface area contributed by atoms with Gasteiger partial charge in [-0.3, -0.25) is 14.5 Å². The van der Waals surface area contributed by atoms with Crippen molar-refractivity contribution in [3.05, 3.63) is 89.9 Å². The number of hydrogen-bond acceptors (Lipinski definition) is 7. The number of rotatable bonds is 11. The van der Waals surface area contributed by atoms with Crippen LogP contribution in [0, 0.1) is 0 Å². The number of carbonyl (C=O) groups is 2. The fourth-order valence-corrected chi connectivity index (χ4v) is 4.27. The molecule has 0 saturated carbocycles. The highest BCUT2D eigenvalue weighted by Crippen LogP contribution is 2.31. The Morgan fingerprint density at radius 2 is 1.65 bits per heavy atom. The molecule has 4 rings (SSSR count). The van der Waals surface area contributed by atoms with Gasteiger partial charge in [0.05, 0.1) is 26.5 Å². The number of nitrogens with one attached hydrogen (secondary N) is 1. The molecule has 0 saturated heterocycles. The molecule has 3 aromatic carbocycles. The summed E-state index contributed by atoms with van der Waals surface area (Å²) in [7, 11) is 3.13. The summed E-state index contributed by atoms with van der Waals surface area (Å²) in [6, 6.07) is 22.0. The lowest BCUT2D eigenvalue weighted by Gasteiger charge is -2.21. The van der Waals surface area contributed by atoms with Gasteiger partial charge in [0, 0.05) is 24.4 Å². The molecular formula is C28H27N3O5S. The smallest absolute Gasteiger partial charge is 0.229 e. The van der Waals surface area contributed by atoms with Crippen LogP contribution < -0.4 is 24.4 Å². The van der Waals surface area contributed by atoms with Crippen molar-refractivity contribution in [2.75, 3.05) is 24.4 Å². The largest absolute Gasteiger partial charge is 0.493 e. The fraction of sp³-hybridized carbons (Fsp3) is 0.179. The van der Waals surface area contributed by atoms with Crippen LogP contribution in [0.5, 0.6) is 23.0 Å². The van der Waals surface area contributed by atoms with Gasteiger partial charge in [0.25, 0.3) is 0 Å². The van der Waals surface area contributed by atoms with Crippen molar-refractivity contribution in [2.45, 2.75) is 19.4 Å². The third kappa shape index (κ3) is 6.86. The molecule has 0 aliphatic rings. The molecule has 1 heterocycles. The second-order valence-corrected chi connectivity index (χ2v) is 8.82. The topological polar surface area (TPSA) is 90.0 Å². The van der Waals surface area contributed by atoms with E-state index in [1.165, 1.54) is 11.3 Å². The van der Waals surface area contributed by atoms with Crippen LogP contribution in [-0.2, 0) is 16.1 Å². The number of anilines is 2. The molecule has 2 amide bonds. The van der Waals surface area contributed by atoms with E-state index in [4.69, 9.17) is 14.2 Å². The lowest BCUT2D eigenvalue weighted by Crippen LogP contribution is -2.31. The van der Waals surface area contributed by atoms with Crippen LogP contribution in [0.25, 0.3) is 0 Å². The van der Waals surface area contributed by atoms with Crippen molar-refractivity contribution in [1.82, 2.24) is 4.98 Å². The van der Waals surface area contributed by atoms with E-state index >= 15 is 0 Å². The Morgan fingerprint density at radius 1 is 0.892 bits per heavy atom.